The molecule has 1 aromatic carbocycles. The number of methoxy groups -OCH3 is 2. The lowest BCUT2D eigenvalue weighted by atomic mass is 10.2. The highest BCUT2D eigenvalue weighted by atomic mass is 127. The van der Waals surface area contributed by atoms with Crippen LogP contribution in [0.3, 0.4) is 0 Å². The van der Waals surface area contributed by atoms with Gasteiger partial charge in [0.1, 0.15) is 11.8 Å². The second kappa shape index (κ2) is 6.46. The molecule has 22 heavy (non-hydrogen) atoms. The number of nitriles is 1. The molecule has 0 amide bonds. The van der Waals surface area contributed by atoms with E-state index in [9.17, 15) is 4.79 Å². The second-order valence-electron chi connectivity index (χ2n) is 4.19. The molecule has 2 N–H and O–H groups in total. The zero-order valence-electron chi connectivity index (χ0n) is 11.7. The van der Waals surface area contributed by atoms with Crippen LogP contribution in [0.5, 0.6) is 5.75 Å². The molecular weight excluding hydrogens is 421 g/mol. The van der Waals surface area contributed by atoms with E-state index in [1.807, 2.05) is 6.07 Å². The Morgan fingerprint density at radius 1 is 1.45 bits per heavy atom. The summed E-state index contributed by atoms with van der Waals surface area (Å²) in [6, 6.07) is 5.39. The Morgan fingerprint density at radius 2 is 2.14 bits per heavy atom. The molecule has 2 rings (SSSR count). The van der Waals surface area contributed by atoms with E-state index < -0.39 is 5.97 Å². The fraction of sp³-hybridized carbons (Fsp3) is 0.143. The minimum atomic E-state index is -0.670. The largest absolute Gasteiger partial charge is 0.493 e. The molecule has 1 heterocycles. The second-order valence-corrected chi connectivity index (χ2v) is 5.76. The van der Waals surface area contributed by atoms with E-state index in [1.54, 1.807) is 12.1 Å². The first kappa shape index (κ1) is 16.5. The molecular formula is C14H11ClIN3O3. The molecule has 0 aliphatic carbocycles. The summed E-state index contributed by atoms with van der Waals surface area (Å²) in [7, 11) is 2.73. The number of nitrogen functional groups attached to an aromatic ring is 1. The molecule has 0 aliphatic rings. The van der Waals surface area contributed by atoms with Gasteiger partial charge in [0.05, 0.1) is 34.1 Å². The number of nitrogens with two attached hydrogens (primary N) is 1. The molecule has 0 radical (unpaired) electrons. The highest BCUT2D eigenvalue weighted by Crippen LogP contribution is 2.37. The lowest BCUT2D eigenvalue weighted by Gasteiger charge is -2.15. The SMILES string of the molecule is COC(=O)c1c(N)c(C#N)cn1-c1c(Cl)ccc(I)c1OC. The molecule has 0 atom stereocenters. The van der Waals surface area contributed by atoms with Crippen molar-refractivity contribution in [1.29, 1.82) is 5.26 Å². The zero-order valence-corrected chi connectivity index (χ0v) is 14.6. The third-order valence-electron chi connectivity index (χ3n) is 3.02. The lowest BCUT2D eigenvalue weighted by molar-refractivity contribution is 0.0593. The summed E-state index contributed by atoms with van der Waals surface area (Å²) in [6.07, 6.45) is 1.43. The summed E-state index contributed by atoms with van der Waals surface area (Å²) in [6.45, 7) is 0. The van der Waals surface area contributed by atoms with Gasteiger partial charge in [0.2, 0.25) is 0 Å². The maximum absolute atomic E-state index is 12.0. The van der Waals surface area contributed by atoms with Crippen LogP contribution in [0.2, 0.25) is 5.02 Å². The fourth-order valence-electron chi connectivity index (χ4n) is 2.03. The average Bonchev–Trinajstić information content (AvgIpc) is 2.84. The van der Waals surface area contributed by atoms with Crippen molar-refractivity contribution in [3.63, 3.8) is 0 Å². The van der Waals surface area contributed by atoms with Gasteiger partial charge >= 0.3 is 5.97 Å². The Kier molecular flexibility index (Phi) is 4.83. The number of carbonyl (C=O) groups excluding carboxylic acids is 1. The van der Waals surface area contributed by atoms with Crippen LogP contribution < -0.4 is 10.5 Å². The Morgan fingerprint density at radius 3 is 2.68 bits per heavy atom. The molecule has 0 fully saturated rings. The minimum Gasteiger partial charge on any atom is -0.493 e. The van der Waals surface area contributed by atoms with Crippen molar-refractivity contribution < 1.29 is 14.3 Å². The number of anilines is 1. The highest BCUT2D eigenvalue weighted by Gasteiger charge is 2.25. The van der Waals surface area contributed by atoms with Gasteiger partial charge in [-0.2, -0.15) is 5.26 Å². The van der Waals surface area contributed by atoms with Gasteiger partial charge in [0.15, 0.2) is 11.4 Å². The number of carbonyl (C=O) groups is 1. The summed E-state index contributed by atoms with van der Waals surface area (Å²) < 4.78 is 12.3. The van der Waals surface area contributed by atoms with Crippen LogP contribution in [0.4, 0.5) is 5.69 Å². The van der Waals surface area contributed by atoms with Crippen molar-refractivity contribution in [1.82, 2.24) is 4.57 Å². The van der Waals surface area contributed by atoms with Gasteiger partial charge in [0, 0.05) is 6.20 Å². The van der Waals surface area contributed by atoms with Crippen molar-refractivity contribution in [2.75, 3.05) is 20.0 Å². The average molecular weight is 432 g/mol. The summed E-state index contributed by atoms with van der Waals surface area (Å²) in [4.78, 5) is 12.0. The van der Waals surface area contributed by atoms with Crippen molar-refractivity contribution in [3.05, 3.63) is 38.2 Å². The lowest BCUT2D eigenvalue weighted by Crippen LogP contribution is -2.12. The monoisotopic (exact) mass is 431 g/mol. The van der Waals surface area contributed by atoms with Crippen LogP contribution in [-0.4, -0.2) is 24.8 Å². The summed E-state index contributed by atoms with van der Waals surface area (Å²) in [5.41, 5.74) is 6.51. The summed E-state index contributed by atoms with van der Waals surface area (Å²) in [5.74, 6) is -0.200. The topological polar surface area (TPSA) is 90.3 Å². The number of hydrogen-bond acceptors (Lipinski definition) is 5. The van der Waals surface area contributed by atoms with Crippen LogP contribution in [0.15, 0.2) is 18.3 Å². The molecule has 0 spiro atoms. The normalized spacial score (nSPS) is 10.1. The predicted molar refractivity (Wildman–Crippen MR) is 90.5 cm³/mol. The van der Waals surface area contributed by atoms with Gasteiger partial charge < -0.3 is 19.8 Å². The third-order valence-corrected chi connectivity index (χ3v) is 4.18. The molecule has 0 unspecified atom stereocenters. The summed E-state index contributed by atoms with van der Waals surface area (Å²) in [5, 5.41) is 9.50. The highest BCUT2D eigenvalue weighted by molar-refractivity contribution is 14.1. The van der Waals surface area contributed by atoms with Crippen LogP contribution in [-0.2, 0) is 4.74 Å². The molecule has 114 valence electrons. The number of rotatable bonds is 3. The standard InChI is InChI=1S/C14H11ClIN3O3/c1-21-13-9(16)4-3-8(15)11(13)19-6-7(5-17)10(18)12(19)14(20)22-2/h3-4,6H,18H2,1-2H3. The van der Waals surface area contributed by atoms with Gasteiger partial charge in [-0.15, -0.1) is 0 Å². The number of halogens is 2. The predicted octanol–water partition coefficient (Wildman–Crippen LogP) is 2.98. The molecule has 0 saturated carbocycles. The quantitative estimate of drug-likeness (QED) is 0.596. The van der Waals surface area contributed by atoms with Gasteiger partial charge in [-0.1, -0.05) is 11.6 Å². The molecule has 0 bridgehead atoms. The molecule has 1 aromatic heterocycles. The van der Waals surface area contributed by atoms with Crippen molar-refractivity contribution in [3.8, 4) is 17.5 Å². The van der Waals surface area contributed by atoms with Crippen molar-refractivity contribution in [2.45, 2.75) is 0 Å². The van der Waals surface area contributed by atoms with Gasteiger partial charge in [-0.25, -0.2) is 4.79 Å². The van der Waals surface area contributed by atoms with E-state index in [-0.39, 0.29) is 16.9 Å². The van der Waals surface area contributed by atoms with E-state index in [1.165, 1.54) is 25.0 Å². The van der Waals surface area contributed by atoms with Crippen molar-refractivity contribution in [2.24, 2.45) is 0 Å². The first-order valence-corrected chi connectivity index (χ1v) is 7.43. The van der Waals surface area contributed by atoms with Gasteiger partial charge in [-0.3, -0.25) is 0 Å². The van der Waals surface area contributed by atoms with Crippen LogP contribution in [0.1, 0.15) is 16.1 Å². The number of aromatic nitrogens is 1. The van der Waals surface area contributed by atoms with Crippen LogP contribution in [0.25, 0.3) is 5.69 Å². The van der Waals surface area contributed by atoms with Gasteiger partial charge in [0.25, 0.3) is 0 Å². The zero-order chi connectivity index (χ0) is 16.4. The number of esters is 1. The summed E-state index contributed by atoms with van der Waals surface area (Å²) >= 11 is 8.34. The molecule has 0 aliphatic heterocycles. The third kappa shape index (κ3) is 2.60. The number of ether oxygens (including phenoxy) is 2. The minimum absolute atomic E-state index is 0.0289. The van der Waals surface area contributed by atoms with E-state index in [0.717, 1.165) is 3.57 Å². The Balaban J connectivity index is 2.87. The van der Waals surface area contributed by atoms with E-state index in [4.69, 9.17) is 32.1 Å². The fourth-order valence-corrected chi connectivity index (χ4v) is 2.93. The molecule has 6 nitrogen and oxygen atoms in total. The molecule has 0 saturated heterocycles. The maximum atomic E-state index is 12.0. The smallest absolute Gasteiger partial charge is 0.357 e. The van der Waals surface area contributed by atoms with Crippen LogP contribution in [0, 0.1) is 14.9 Å². The first-order valence-electron chi connectivity index (χ1n) is 5.97. The number of hydrogen-bond donors (Lipinski definition) is 1. The van der Waals surface area contributed by atoms with Crippen LogP contribution >= 0.6 is 34.2 Å². The van der Waals surface area contributed by atoms with Gasteiger partial charge in [-0.05, 0) is 34.7 Å². The first-order chi connectivity index (χ1) is 10.5. The molecule has 2 aromatic rings. The Labute approximate surface area is 145 Å². The number of nitrogens with zero attached hydrogens (tertiary/aromatic N) is 2. The Hall–Kier alpha value is -1.92. The molecule has 8 heteroatoms. The maximum Gasteiger partial charge on any atom is 0.357 e. The Bertz CT molecular complexity index is 796. The number of benzene rings is 1. The van der Waals surface area contributed by atoms with E-state index in [0.29, 0.717) is 16.5 Å². The van der Waals surface area contributed by atoms with E-state index in [2.05, 4.69) is 22.6 Å². The van der Waals surface area contributed by atoms with E-state index >= 15 is 0 Å². The van der Waals surface area contributed by atoms with Crippen molar-refractivity contribution >= 4 is 45.8 Å².